The van der Waals surface area contributed by atoms with E-state index in [0.717, 1.165) is 69.5 Å². The Morgan fingerprint density at radius 2 is 1.95 bits per heavy atom. The Morgan fingerprint density at radius 1 is 1.11 bits per heavy atom. The van der Waals surface area contributed by atoms with Gasteiger partial charge in [0.15, 0.2) is 0 Å². The zero-order valence-corrected chi connectivity index (χ0v) is 23.4. The van der Waals surface area contributed by atoms with Gasteiger partial charge in [0, 0.05) is 35.3 Å². The predicted molar refractivity (Wildman–Crippen MR) is 157 cm³/mol. The van der Waals surface area contributed by atoms with E-state index in [4.69, 9.17) is 14.7 Å². The molecule has 1 aliphatic heterocycles. The number of benzene rings is 2. The molecule has 2 aromatic carbocycles. The van der Waals surface area contributed by atoms with E-state index >= 15 is 0 Å². The molecule has 5 rings (SSSR count). The van der Waals surface area contributed by atoms with E-state index in [1.807, 2.05) is 25.1 Å². The Morgan fingerprint density at radius 3 is 2.73 bits per heavy atom. The topological polar surface area (TPSA) is 84.0 Å². The highest BCUT2D eigenvalue weighted by Crippen LogP contribution is 2.40. The Hall–Kier alpha value is -2.88. The Balaban J connectivity index is 1.40. The van der Waals surface area contributed by atoms with Crippen molar-refractivity contribution in [2.75, 3.05) is 28.9 Å². The number of rotatable bonds is 8. The molecule has 0 radical (unpaired) electrons. The number of nitrogens with zero attached hydrogens (tertiary/aromatic N) is 3. The summed E-state index contributed by atoms with van der Waals surface area (Å²) in [5.74, 6) is 2.99. The van der Waals surface area contributed by atoms with Gasteiger partial charge in [-0.25, -0.2) is 15.0 Å². The maximum atomic E-state index is 6.48. The summed E-state index contributed by atoms with van der Waals surface area (Å²) in [5, 5.41) is 9.98. The van der Waals surface area contributed by atoms with Crippen molar-refractivity contribution >= 4 is 45.7 Å². The highest BCUT2D eigenvalue weighted by Gasteiger charge is 2.19. The summed E-state index contributed by atoms with van der Waals surface area (Å²) in [7, 11) is 0. The third-order valence-electron chi connectivity index (χ3n) is 6.00. The number of ether oxygens (including phenoxy) is 1. The molecular weight excluding hydrogens is 500 g/mol. The standard InChI is InChI=1S/C28H34N6OS2/c1-18-31-26(25(37-18)23-13-15-30-27(33-23)32-19-8-7-14-29-16-19)35-24-12-11-22(34-36-17-28(2,3)4)20-9-5-6-10-21(20)24/h5-6,9-13,15,19,29,34H,7-8,14,16-17H2,1-4H3,(H,30,32,33). The number of aromatic nitrogens is 3. The largest absolute Gasteiger partial charge is 0.437 e. The first-order chi connectivity index (χ1) is 17.9. The van der Waals surface area contributed by atoms with Crippen molar-refractivity contribution in [3.8, 4) is 22.2 Å². The molecule has 194 valence electrons. The van der Waals surface area contributed by atoms with Gasteiger partial charge >= 0.3 is 0 Å². The average Bonchev–Trinajstić information content (AvgIpc) is 3.25. The van der Waals surface area contributed by atoms with Crippen molar-refractivity contribution in [1.29, 1.82) is 0 Å². The van der Waals surface area contributed by atoms with Crippen molar-refractivity contribution in [1.82, 2.24) is 20.3 Å². The smallest absolute Gasteiger partial charge is 0.240 e. The van der Waals surface area contributed by atoms with Gasteiger partial charge in [-0.15, -0.1) is 11.3 Å². The fourth-order valence-corrected chi connectivity index (χ4v) is 5.89. The van der Waals surface area contributed by atoms with Gasteiger partial charge in [-0.2, -0.15) is 0 Å². The number of anilines is 2. The Kier molecular flexibility index (Phi) is 7.83. The molecule has 4 aromatic rings. The van der Waals surface area contributed by atoms with Gasteiger partial charge in [-0.3, -0.25) is 0 Å². The third-order valence-corrected chi connectivity index (χ3v) is 8.35. The molecule has 9 heteroatoms. The quantitative estimate of drug-likeness (QED) is 0.206. The molecule has 0 spiro atoms. The normalized spacial score (nSPS) is 16.1. The fourth-order valence-electron chi connectivity index (χ4n) is 4.24. The summed E-state index contributed by atoms with van der Waals surface area (Å²) in [6.07, 6.45) is 4.06. The molecule has 7 nitrogen and oxygen atoms in total. The van der Waals surface area contributed by atoms with Crippen LogP contribution >= 0.6 is 23.3 Å². The van der Waals surface area contributed by atoms with E-state index in [1.165, 1.54) is 0 Å². The van der Waals surface area contributed by atoms with Gasteiger partial charge < -0.3 is 20.1 Å². The first-order valence-electron chi connectivity index (χ1n) is 12.7. The molecule has 1 aliphatic rings. The second kappa shape index (κ2) is 11.2. The van der Waals surface area contributed by atoms with E-state index in [-0.39, 0.29) is 5.41 Å². The number of fused-ring (bicyclic) bond motifs is 1. The van der Waals surface area contributed by atoms with Crippen LogP contribution in [0.5, 0.6) is 11.6 Å². The van der Waals surface area contributed by atoms with E-state index in [9.17, 15) is 0 Å². The second-order valence-electron chi connectivity index (χ2n) is 10.5. The lowest BCUT2D eigenvalue weighted by Crippen LogP contribution is -2.38. The first kappa shape index (κ1) is 25.8. The first-order valence-corrected chi connectivity index (χ1v) is 14.5. The minimum Gasteiger partial charge on any atom is -0.437 e. The molecule has 0 saturated carbocycles. The molecule has 3 heterocycles. The van der Waals surface area contributed by atoms with Crippen molar-refractivity contribution in [2.24, 2.45) is 5.41 Å². The van der Waals surface area contributed by atoms with E-state index in [0.29, 0.717) is 17.9 Å². The van der Waals surface area contributed by atoms with Gasteiger partial charge in [0.05, 0.1) is 16.4 Å². The molecule has 1 unspecified atom stereocenters. The average molecular weight is 535 g/mol. The highest BCUT2D eigenvalue weighted by molar-refractivity contribution is 8.00. The summed E-state index contributed by atoms with van der Waals surface area (Å²) >= 11 is 3.31. The van der Waals surface area contributed by atoms with Gasteiger partial charge in [-0.1, -0.05) is 57.0 Å². The molecule has 0 amide bonds. The SMILES string of the molecule is Cc1nc(Oc2ccc(NSCC(C)(C)C)c3ccccc23)c(-c2ccnc(NC3CCCNC3)n2)s1. The molecule has 1 fully saturated rings. The van der Waals surface area contributed by atoms with Crippen molar-refractivity contribution in [3.63, 3.8) is 0 Å². The van der Waals surface area contributed by atoms with E-state index in [1.54, 1.807) is 29.5 Å². The lowest BCUT2D eigenvalue weighted by atomic mass is 10.0. The molecule has 1 atom stereocenters. The third kappa shape index (κ3) is 6.52. The number of hydrogen-bond acceptors (Lipinski definition) is 9. The summed E-state index contributed by atoms with van der Waals surface area (Å²) in [6.45, 7) is 10.7. The van der Waals surface area contributed by atoms with Crippen LogP contribution in [0.25, 0.3) is 21.3 Å². The van der Waals surface area contributed by atoms with E-state index < -0.39 is 0 Å². The van der Waals surface area contributed by atoms with Crippen molar-refractivity contribution in [3.05, 3.63) is 53.7 Å². The van der Waals surface area contributed by atoms with Crippen LogP contribution in [0.4, 0.5) is 11.6 Å². The Labute approximate surface area is 227 Å². The summed E-state index contributed by atoms with van der Waals surface area (Å²) in [4.78, 5) is 14.9. The van der Waals surface area contributed by atoms with Crippen LogP contribution in [-0.4, -0.2) is 39.8 Å². The Bertz CT molecular complexity index is 1360. The molecule has 37 heavy (non-hydrogen) atoms. The van der Waals surface area contributed by atoms with Crippen LogP contribution in [0.2, 0.25) is 0 Å². The lowest BCUT2D eigenvalue weighted by Gasteiger charge is -2.23. The zero-order valence-electron chi connectivity index (χ0n) is 21.8. The summed E-state index contributed by atoms with van der Waals surface area (Å²) < 4.78 is 10.0. The van der Waals surface area contributed by atoms with Crippen molar-refractivity contribution < 1.29 is 4.74 Å². The summed E-state index contributed by atoms with van der Waals surface area (Å²) in [6, 6.07) is 14.7. The number of nitrogens with one attached hydrogen (secondary N) is 3. The van der Waals surface area contributed by atoms with Gasteiger partial charge in [-0.05, 0) is 49.9 Å². The van der Waals surface area contributed by atoms with Crippen molar-refractivity contribution in [2.45, 2.75) is 46.6 Å². The minimum absolute atomic E-state index is 0.249. The van der Waals surface area contributed by atoms with Gasteiger partial charge in [0.25, 0.3) is 0 Å². The lowest BCUT2D eigenvalue weighted by molar-refractivity contribution is 0.472. The molecular formula is C28H34N6OS2. The summed E-state index contributed by atoms with van der Waals surface area (Å²) in [5.41, 5.74) is 2.14. The van der Waals surface area contributed by atoms with Crippen LogP contribution in [0, 0.1) is 12.3 Å². The van der Waals surface area contributed by atoms with Crippen LogP contribution in [0.1, 0.15) is 38.6 Å². The highest BCUT2D eigenvalue weighted by atomic mass is 32.2. The number of aryl methyl sites for hydroxylation is 1. The molecule has 0 bridgehead atoms. The molecule has 3 N–H and O–H groups in total. The number of piperidine rings is 1. The minimum atomic E-state index is 0.249. The molecule has 0 aliphatic carbocycles. The maximum Gasteiger partial charge on any atom is 0.240 e. The zero-order chi connectivity index (χ0) is 25.8. The monoisotopic (exact) mass is 534 g/mol. The van der Waals surface area contributed by atoms with Crippen LogP contribution in [0.15, 0.2) is 48.7 Å². The predicted octanol–water partition coefficient (Wildman–Crippen LogP) is 7.12. The van der Waals surface area contributed by atoms with Crippen LogP contribution < -0.4 is 20.1 Å². The second-order valence-corrected chi connectivity index (χ2v) is 12.5. The van der Waals surface area contributed by atoms with Crippen LogP contribution in [0.3, 0.4) is 0 Å². The molecule has 2 aromatic heterocycles. The van der Waals surface area contributed by atoms with Gasteiger partial charge in [0.1, 0.15) is 10.6 Å². The fraction of sp³-hybridized carbons (Fsp3) is 0.393. The maximum absolute atomic E-state index is 6.48. The van der Waals surface area contributed by atoms with Crippen LogP contribution in [-0.2, 0) is 0 Å². The van der Waals surface area contributed by atoms with Gasteiger partial charge in [0.2, 0.25) is 11.8 Å². The molecule has 1 saturated heterocycles. The van der Waals surface area contributed by atoms with E-state index in [2.05, 4.69) is 65.4 Å². The number of thiazole rings is 1. The number of hydrogen-bond donors (Lipinski definition) is 3.